The summed E-state index contributed by atoms with van der Waals surface area (Å²) in [5, 5.41) is 0. The molecule has 0 amide bonds. The first-order valence-electron chi connectivity index (χ1n) is 2.33. The summed E-state index contributed by atoms with van der Waals surface area (Å²) in [5.41, 5.74) is 11.2. The van der Waals surface area contributed by atoms with E-state index in [2.05, 4.69) is 0 Å². The second-order valence-electron chi connectivity index (χ2n) is 1.56. The molecule has 2 nitrogen and oxygen atoms in total. The molecule has 0 spiro atoms. The fourth-order valence-electron chi connectivity index (χ4n) is 0.313. The van der Waals surface area contributed by atoms with Crippen LogP contribution >= 0.6 is 12.2 Å². The van der Waals surface area contributed by atoms with Gasteiger partial charge in [-0.15, -0.1) is 0 Å². The van der Waals surface area contributed by atoms with E-state index in [-0.39, 0.29) is 0 Å². The Kier molecular flexibility index (Phi) is 3.39. The number of rotatable bonds is 2. The first kappa shape index (κ1) is 7.59. The average Bonchev–Trinajstić information content (AvgIpc) is 1.65. The van der Waals surface area contributed by atoms with Crippen molar-refractivity contribution < 1.29 is 0 Å². The van der Waals surface area contributed by atoms with Gasteiger partial charge in [0.05, 0.1) is 0 Å². The average molecular weight is 130 g/mol. The summed E-state index contributed by atoms with van der Waals surface area (Å²) >= 11 is 4.75. The van der Waals surface area contributed by atoms with Crippen LogP contribution in [0, 0.1) is 0 Å². The Hall–Kier alpha value is -0.410. The molecular weight excluding hydrogens is 120 g/mol. The van der Waals surface area contributed by atoms with E-state index in [1.165, 1.54) is 0 Å². The van der Waals surface area contributed by atoms with Gasteiger partial charge < -0.3 is 11.5 Å². The van der Waals surface area contributed by atoms with Crippen LogP contribution < -0.4 is 11.5 Å². The SMILES string of the molecule is C/C(N)=C/C(=S)CN. The van der Waals surface area contributed by atoms with Gasteiger partial charge >= 0.3 is 0 Å². The molecule has 0 aromatic rings. The summed E-state index contributed by atoms with van der Waals surface area (Å²) in [4.78, 5) is 0.699. The maximum Gasteiger partial charge on any atom is 0.0305 e. The first-order valence-corrected chi connectivity index (χ1v) is 2.74. The van der Waals surface area contributed by atoms with Gasteiger partial charge in [-0.25, -0.2) is 0 Å². The number of nitrogens with two attached hydrogens (primary N) is 2. The molecular formula is C5H10N2S. The van der Waals surface area contributed by atoms with Gasteiger partial charge in [0.2, 0.25) is 0 Å². The minimum absolute atomic E-state index is 0.407. The van der Waals surface area contributed by atoms with Gasteiger partial charge in [-0.1, -0.05) is 12.2 Å². The van der Waals surface area contributed by atoms with E-state index in [4.69, 9.17) is 23.7 Å². The molecule has 0 aliphatic rings. The molecule has 0 aromatic heterocycles. The zero-order valence-electron chi connectivity index (χ0n) is 4.85. The standard InChI is InChI=1S/C5H10N2S/c1-4(7)2-5(8)3-6/h2H,3,6-7H2,1H3/b4-2-. The molecule has 0 aliphatic heterocycles. The van der Waals surface area contributed by atoms with Crippen molar-refractivity contribution >= 4 is 17.1 Å². The Morgan fingerprint density at radius 3 is 2.38 bits per heavy atom. The van der Waals surface area contributed by atoms with Crippen LogP contribution in [0.1, 0.15) is 6.92 Å². The second-order valence-corrected chi connectivity index (χ2v) is 2.08. The maximum atomic E-state index is 5.29. The van der Waals surface area contributed by atoms with Crippen LogP contribution in [0.5, 0.6) is 0 Å². The topological polar surface area (TPSA) is 52.0 Å². The summed E-state index contributed by atoms with van der Waals surface area (Å²) < 4.78 is 0. The third-order valence-electron chi connectivity index (χ3n) is 0.590. The lowest BCUT2D eigenvalue weighted by molar-refractivity contribution is 1.30. The Balaban J connectivity index is 3.70. The molecule has 0 aliphatic carbocycles. The predicted octanol–water partition coefficient (Wildman–Crippen LogP) is 0.178. The Bertz CT molecular complexity index is 114. The van der Waals surface area contributed by atoms with Gasteiger partial charge in [0.1, 0.15) is 0 Å². The lowest BCUT2D eigenvalue weighted by Crippen LogP contribution is -2.09. The molecule has 0 bridgehead atoms. The highest BCUT2D eigenvalue weighted by molar-refractivity contribution is 7.80. The Labute approximate surface area is 54.5 Å². The van der Waals surface area contributed by atoms with E-state index in [9.17, 15) is 0 Å². The van der Waals surface area contributed by atoms with Gasteiger partial charge in [-0.3, -0.25) is 0 Å². The van der Waals surface area contributed by atoms with Crippen molar-refractivity contribution in [2.75, 3.05) is 6.54 Å². The van der Waals surface area contributed by atoms with Crippen molar-refractivity contribution in [2.24, 2.45) is 11.5 Å². The number of thiocarbonyl (C=S) groups is 1. The maximum absolute atomic E-state index is 5.29. The Morgan fingerprint density at radius 2 is 2.25 bits per heavy atom. The minimum Gasteiger partial charge on any atom is -0.402 e. The van der Waals surface area contributed by atoms with Gasteiger partial charge in [0, 0.05) is 17.1 Å². The molecule has 0 fully saturated rings. The predicted molar refractivity (Wildman–Crippen MR) is 39.6 cm³/mol. The van der Waals surface area contributed by atoms with Crippen molar-refractivity contribution in [2.45, 2.75) is 6.92 Å². The second kappa shape index (κ2) is 3.57. The number of hydrogen-bond acceptors (Lipinski definition) is 3. The fourth-order valence-corrected chi connectivity index (χ4v) is 0.499. The van der Waals surface area contributed by atoms with Crippen LogP contribution in [0.3, 0.4) is 0 Å². The van der Waals surface area contributed by atoms with Crippen LogP contribution in [0.2, 0.25) is 0 Å². The van der Waals surface area contributed by atoms with Crippen LogP contribution in [-0.2, 0) is 0 Å². The molecule has 0 aromatic carbocycles. The van der Waals surface area contributed by atoms with Gasteiger partial charge in [0.25, 0.3) is 0 Å². The van der Waals surface area contributed by atoms with E-state index in [1.807, 2.05) is 0 Å². The van der Waals surface area contributed by atoms with Crippen molar-refractivity contribution in [3.8, 4) is 0 Å². The molecule has 0 unspecified atom stereocenters. The van der Waals surface area contributed by atoms with E-state index in [0.29, 0.717) is 17.1 Å². The summed E-state index contributed by atoms with van der Waals surface area (Å²) in [6, 6.07) is 0. The van der Waals surface area contributed by atoms with Gasteiger partial charge in [0.15, 0.2) is 0 Å². The lowest BCUT2D eigenvalue weighted by Gasteiger charge is -1.89. The Morgan fingerprint density at radius 1 is 1.75 bits per heavy atom. The zero-order chi connectivity index (χ0) is 6.57. The highest BCUT2D eigenvalue weighted by Crippen LogP contribution is 1.82. The van der Waals surface area contributed by atoms with E-state index in [1.54, 1.807) is 13.0 Å². The van der Waals surface area contributed by atoms with E-state index >= 15 is 0 Å². The monoisotopic (exact) mass is 130 g/mol. The van der Waals surface area contributed by atoms with E-state index in [0.717, 1.165) is 0 Å². The molecule has 0 saturated carbocycles. The van der Waals surface area contributed by atoms with E-state index < -0.39 is 0 Å². The summed E-state index contributed by atoms with van der Waals surface area (Å²) in [6.45, 7) is 2.19. The summed E-state index contributed by atoms with van der Waals surface area (Å²) in [5.74, 6) is 0. The van der Waals surface area contributed by atoms with Crippen LogP contribution in [0.15, 0.2) is 11.8 Å². The molecule has 4 N–H and O–H groups in total. The number of allylic oxidation sites excluding steroid dienone is 1. The molecule has 0 rings (SSSR count). The highest BCUT2D eigenvalue weighted by atomic mass is 32.1. The van der Waals surface area contributed by atoms with Crippen molar-refractivity contribution in [1.82, 2.24) is 0 Å². The molecule has 3 heteroatoms. The summed E-state index contributed by atoms with van der Waals surface area (Å²) in [6.07, 6.45) is 1.69. The molecule has 0 saturated heterocycles. The molecule has 0 atom stereocenters. The quantitative estimate of drug-likeness (QED) is 0.414. The molecule has 46 valence electrons. The summed E-state index contributed by atoms with van der Waals surface area (Å²) in [7, 11) is 0. The fraction of sp³-hybridized carbons (Fsp3) is 0.400. The zero-order valence-corrected chi connectivity index (χ0v) is 5.66. The van der Waals surface area contributed by atoms with Crippen molar-refractivity contribution in [1.29, 1.82) is 0 Å². The van der Waals surface area contributed by atoms with Crippen molar-refractivity contribution in [3.63, 3.8) is 0 Å². The molecule has 8 heavy (non-hydrogen) atoms. The van der Waals surface area contributed by atoms with Crippen molar-refractivity contribution in [3.05, 3.63) is 11.8 Å². The lowest BCUT2D eigenvalue weighted by atomic mass is 10.3. The van der Waals surface area contributed by atoms with Crippen LogP contribution in [0.4, 0.5) is 0 Å². The largest absolute Gasteiger partial charge is 0.402 e. The third kappa shape index (κ3) is 3.77. The van der Waals surface area contributed by atoms with Gasteiger partial charge in [-0.05, 0) is 13.0 Å². The molecule has 0 radical (unpaired) electrons. The molecule has 0 heterocycles. The number of hydrogen-bond donors (Lipinski definition) is 2. The highest BCUT2D eigenvalue weighted by Gasteiger charge is 1.83. The van der Waals surface area contributed by atoms with Crippen LogP contribution in [0.25, 0.3) is 0 Å². The third-order valence-corrected chi connectivity index (χ3v) is 0.874. The smallest absolute Gasteiger partial charge is 0.0305 e. The normalized spacial score (nSPS) is 11.5. The van der Waals surface area contributed by atoms with Crippen LogP contribution in [-0.4, -0.2) is 11.4 Å². The first-order chi connectivity index (χ1) is 3.66. The van der Waals surface area contributed by atoms with Gasteiger partial charge in [-0.2, -0.15) is 0 Å². The minimum atomic E-state index is 0.407.